The Labute approximate surface area is 141 Å². The molecular formula is C16H15BrFN3O2. The summed E-state index contributed by atoms with van der Waals surface area (Å²) in [5.74, 6) is -0.809. The predicted molar refractivity (Wildman–Crippen MR) is 89.2 cm³/mol. The molecule has 0 heterocycles. The second-order valence-electron chi connectivity index (χ2n) is 4.88. The Morgan fingerprint density at radius 3 is 2.57 bits per heavy atom. The molecular weight excluding hydrogens is 365 g/mol. The van der Waals surface area contributed by atoms with Crippen molar-refractivity contribution < 1.29 is 14.0 Å². The average molecular weight is 380 g/mol. The van der Waals surface area contributed by atoms with Crippen molar-refractivity contribution in [3.8, 4) is 0 Å². The van der Waals surface area contributed by atoms with Crippen LogP contribution < -0.4 is 16.4 Å². The van der Waals surface area contributed by atoms with Gasteiger partial charge in [-0.3, -0.25) is 4.79 Å². The Morgan fingerprint density at radius 2 is 1.91 bits per heavy atom. The smallest absolute Gasteiger partial charge is 0.312 e. The molecule has 4 N–H and O–H groups in total. The highest BCUT2D eigenvalue weighted by Crippen LogP contribution is 2.21. The molecule has 0 radical (unpaired) electrons. The minimum Gasteiger partial charge on any atom is -0.352 e. The molecule has 23 heavy (non-hydrogen) atoms. The third-order valence-electron chi connectivity index (χ3n) is 3.07. The summed E-state index contributed by atoms with van der Waals surface area (Å²) in [5, 5.41) is 5.12. The zero-order chi connectivity index (χ0) is 16.8. The molecule has 1 atom stereocenters. The minimum absolute atomic E-state index is 0.0318. The van der Waals surface area contributed by atoms with Gasteiger partial charge in [-0.1, -0.05) is 34.1 Å². The van der Waals surface area contributed by atoms with Gasteiger partial charge in [0.15, 0.2) is 0 Å². The van der Waals surface area contributed by atoms with E-state index in [2.05, 4.69) is 26.6 Å². The maximum atomic E-state index is 13.1. The van der Waals surface area contributed by atoms with Gasteiger partial charge in [0.1, 0.15) is 5.82 Å². The first-order chi connectivity index (χ1) is 10.9. The predicted octanol–water partition coefficient (Wildman–Crippen LogP) is 3.33. The summed E-state index contributed by atoms with van der Waals surface area (Å²) in [6, 6.07) is 11.5. The second kappa shape index (κ2) is 7.73. The number of nitrogens with two attached hydrogens (primary N) is 1. The molecule has 7 heteroatoms. The Balaban J connectivity index is 2.11. The van der Waals surface area contributed by atoms with Gasteiger partial charge in [0.05, 0.1) is 12.5 Å². The molecule has 0 bridgehead atoms. The standard InChI is InChI=1S/C16H15BrFN3O2/c17-11-4-1-3-10(7-11)14(21-16(19)23)9-15(22)20-13-6-2-5-12(18)8-13/h1-8,14H,9H2,(H,20,22)(H3,19,21,23). The van der Waals surface area contributed by atoms with E-state index in [4.69, 9.17) is 5.73 Å². The van der Waals surface area contributed by atoms with E-state index in [0.717, 1.165) is 10.0 Å². The van der Waals surface area contributed by atoms with Gasteiger partial charge in [-0.15, -0.1) is 0 Å². The summed E-state index contributed by atoms with van der Waals surface area (Å²) in [6.45, 7) is 0. The third-order valence-corrected chi connectivity index (χ3v) is 3.56. The Bertz CT molecular complexity index is 724. The number of carbonyl (C=O) groups excluding carboxylic acids is 2. The largest absolute Gasteiger partial charge is 0.352 e. The fourth-order valence-electron chi connectivity index (χ4n) is 2.11. The molecule has 3 amide bonds. The number of anilines is 1. The molecule has 0 aliphatic carbocycles. The van der Waals surface area contributed by atoms with Gasteiger partial charge < -0.3 is 16.4 Å². The van der Waals surface area contributed by atoms with E-state index in [1.54, 1.807) is 24.3 Å². The summed E-state index contributed by atoms with van der Waals surface area (Å²) < 4.78 is 13.9. The van der Waals surface area contributed by atoms with Crippen LogP contribution in [0.25, 0.3) is 0 Å². The maximum Gasteiger partial charge on any atom is 0.312 e. The lowest BCUT2D eigenvalue weighted by Gasteiger charge is -2.18. The van der Waals surface area contributed by atoms with Gasteiger partial charge >= 0.3 is 6.03 Å². The number of halogens is 2. The summed E-state index contributed by atoms with van der Waals surface area (Å²) >= 11 is 3.34. The van der Waals surface area contributed by atoms with Gasteiger partial charge in [-0.05, 0) is 35.9 Å². The van der Waals surface area contributed by atoms with Gasteiger partial charge in [-0.2, -0.15) is 0 Å². The first-order valence-electron chi connectivity index (χ1n) is 6.81. The van der Waals surface area contributed by atoms with Crippen molar-refractivity contribution in [2.24, 2.45) is 5.73 Å². The SMILES string of the molecule is NC(=O)NC(CC(=O)Nc1cccc(F)c1)c1cccc(Br)c1. The van der Waals surface area contributed by atoms with Crippen LogP contribution in [0.3, 0.4) is 0 Å². The van der Waals surface area contributed by atoms with E-state index < -0.39 is 17.9 Å². The van der Waals surface area contributed by atoms with Crippen molar-refractivity contribution in [1.29, 1.82) is 0 Å². The van der Waals surface area contributed by atoms with Crippen LogP contribution in [0.1, 0.15) is 18.0 Å². The summed E-state index contributed by atoms with van der Waals surface area (Å²) in [5.41, 5.74) is 6.25. The summed E-state index contributed by atoms with van der Waals surface area (Å²) in [4.78, 5) is 23.3. The van der Waals surface area contributed by atoms with E-state index in [1.807, 2.05) is 6.07 Å². The third kappa shape index (κ3) is 5.37. The van der Waals surface area contributed by atoms with Gasteiger partial charge in [0, 0.05) is 10.2 Å². The molecule has 0 saturated carbocycles. The number of nitrogens with one attached hydrogen (secondary N) is 2. The zero-order valence-corrected chi connectivity index (χ0v) is 13.6. The number of benzene rings is 2. The minimum atomic E-state index is -0.728. The number of primary amides is 1. The molecule has 2 aromatic rings. The summed E-state index contributed by atoms with van der Waals surface area (Å²) in [6.07, 6.45) is -0.0318. The fourth-order valence-corrected chi connectivity index (χ4v) is 2.53. The van der Waals surface area contributed by atoms with Crippen molar-refractivity contribution in [3.05, 3.63) is 64.4 Å². The van der Waals surface area contributed by atoms with Crippen LogP contribution in [0.15, 0.2) is 53.0 Å². The van der Waals surface area contributed by atoms with E-state index in [-0.39, 0.29) is 12.3 Å². The lowest BCUT2D eigenvalue weighted by atomic mass is 10.0. The van der Waals surface area contributed by atoms with E-state index in [1.165, 1.54) is 18.2 Å². The molecule has 5 nitrogen and oxygen atoms in total. The molecule has 0 aromatic heterocycles. The topological polar surface area (TPSA) is 84.2 Å². The van der Waals surface area contributed by atoms with Gasteiger partial charge in [-0.25, -0.2) is 9.18 Å². The molecule has 1 unspecified atom stereocenters. The normalized spacial score (nSPS) is 11.6. The number of carbonyl (C=O) groups is 2. The van der Waals surface area contributed by atoms with Crippen molar-refractivity contribution >= 4 is 33.6 Å². The monoisotopic (exact) mass is 379 g/mol. The number of amides is 3. The molecule has 2 aromatic carbocycles. The van der Waals surface area contributed by atoms with E-state index >= 15 is 0 Å². The summed E-state index contributed by atoms with van der Waals surface area (Å²) in [7, 11) is 0. The van der Waals surface area contributed by atoms with Crippen LogP contribution in [0, 0.1) is 5.82 Å². The number of urea groups is 1. The molecule has 120 valence electrons. The molecule has 0 spiro atoms. The van der Waals surface area contributed by atoms with Crippen molar-refractivity contribution in [2.45, 2.75) is 12.5 Å². The zero-order valence-electron chi connectivity index (χ0n) is 12.1. The average Bonchev–Trinajstić information content (AvgIpc) is 2.46. The first-order valence-corrected chi connectivity index (χ1v) is 7.60. The fraction of sp³-hybridized carbons (Fsp3) is 0.125. The van der Waals surface area contributed by atoms with E-state index in [9.17, 15) is 14.0 Å². The Morgan fingerprint density at radius 1 is 1.17 bits per heavy atom. The van der Waals surface area contributed by atoms with Crippen LogP contribution in [0.5, 0.6) is 0 Å². The number of rotatable bonds is 5. The van der Waals surface area contributed by atoms with Crippen molar-refractivity contribution in [1.82, 2.24) is 5.32 Å². The van der Waals surface area contributed by atoms with Crippen LogP contribution in [-0.2, 0) is 4.79 Å². The van der Waals surface area contributed by atoms with Gasteiger partial charge in [0.2, 0.25) is 5.91 Å². The number of hydrogen-bond acceptors (Lipinski definition) is 2. The molecule has 0 aliphatic rings. The maximum absolute atomic E-state index is 13.1. The molecule has 0 aliphatic heterocycles. The van der Waals surface area contributed by atoms with Crippen LogP contribution in [-0.4, -0.2) is 11.9 Å². The first kappa shape index (κ1) is 17.0. The van der Waals surface area contributed by atoms with E-state index in [0.29, 0.717) is 5.69 Å². The Hall–Kier alpha value is -2.41. The highest BCUT2D eigenvalue weighted by atomic mass is 79.9. The van der Waals surface area contributed by atoms with Crippen LogP contribution in [0.2, 0.25) is 0 Å². The highest BCUT2D eigenvalue weighted by Gasteiger charge is 2.18. The number of hydrogen-bond donors (Lipinski definition) is 3. The molecule has 0 saturated heterocycles. The molecule has 2 rings (SSSR count). The lowest BCUT2D eigenvalue weighted by Crippen LogP contribution is -2.35. The van der Waals surface area contributed by atoms with Crippen LogP contribution >= 0.6 is 15.9 Å². The van der Waals surface area contributed by atoms with Crippen molar-refractivity contribution in [2.75, 3.05) is 5.32 Å². The van der Waals surface area contributed by atoms with Gasteiger partial charge in [0.25, 0.3) is 0 Å². The quantitative estimate of drug-likeness (QED) is 0.744. The highest BCUT2D eigenvalue weighted by molar-refractivity contribution is 9.10. The second-order valence-corrected chi connectivity index (χ2v) is 5.79. The Kier molecular flexibility index (Phi) is 5.70. The van der Waals surface area contributed by atoms with Crippen molar-refractivity contribution in [3.63, 3.8) is 0 Å². The lowest BCUT2D eigenvalue weighted by molar-refractivity contribution is -0.116. The van der Waals surface area contributed by atoms with Crippen LogP contribution in [0.4, 0.5) is 14.9 Å². The molecule has 0 fully saturated rings.